The molecule has 3 aliphatic carbocycles. The fraction of sp³-hybridized carbons (Fsp3) is 0.957. The molecule has 0 aromatic rings. The Morgan fingerprint density at radius 2 is 1.79 bits per heavy atom. The second-order valence-electron chi connectivity index (χ2n) is 10.2. The monoisotopic (exact) mass is 388 g/mol. The minimum Gasteiger partial charge on any atom is -0.377 e. The van der Waals surface area contributed by atoms with Gasteiger partial charge in [-0.3, -0.25) is 4.99 Å². The standard InChI is InChI=1S/C23H40N4O/c1-24-22(26-20-19-10-15-28-21(19)23(20)11-5-12-23)25-18-8-13-27(14-9-18)16-17-6-3-2-4-7-17/h17-21H,2-16H2,1H3,(H2,24,25,26). The number of aliphatic imine (C=N–C) groups is 1. The van der Waals surface area contributed by atoms with E-state index >= 15 is 0 Å². The molecule has 2 heterocycles. The lowest BCUT2D eigenvalue weighted by Crippen LogP contribution is -2.72. The first-order valence-corrected chi connectivity index (χ1v) is 12.1. The van der Waals surface area contributed by atoms with E-state index in [1.807, 2.05) is 7.05 Å². The van der Waals surface area contributed by atoms with Gasteiger partial charge in [0.25, 0.3) is 0 Å². The van der Waals surface area contributed by atoms with Gasteiger partial charge in [0.1, 0.15) is 0 Å². The van der Waals surface area contributed by atoms with Crippen molar-refractivity contribution >= 4 is 5.96 Å². The van der Waals surface area contributed by atoms with Gasteiger partial charge in [-0.15, -0.1) is 0 Å². The lowest BCUT2D eigenvalue weighted by atomic mass is 9.46. The lowest BCUT2D eigenvalue weighted by molar-refractivity contribution is -0.171. The van der Waals surface area contributed by atoms with Crippen LogP contribution >= 0.6 is 0 Å². The van der Waals surface area contributed by atoms with Crippen LogP contribution in [-0.2, 0) is 4.74 Å². The van der Waals surface area contributed by atoms with Gasteiger partial charge in [-0.25, -0.2) is 0 Å². The van der Waals surface area contributed by atoms with Gasteiger partial charge in [0, 0.05) is 56.7 Å². The number of nitrogens with zero attached hydrogens (tertiary/aromatic N) is 2. The van der Waals surface area contributed by atoms with Gasteiger partial charge in [-0.1, -0.05) is 25.7 Å². The number of fused-ring (bicyclic) bond motifs is 2. The molecule has 158 valence electrons. The zero-order chi connectivity index (χ0) is 19.0. The number of nitrogens with one attached hydrogen (secondary N) is 2. The Morgan fingerprint density at radius 1 is 1.00 bits per heavy atom. The molecule has 0 amide bonds. The second-order valence-corrected chi connectivity index (χ2v) is 10.2. The molecule has 2 aliphatic heterocycles. The molecule has 5 fully saturated rings. The highest BCUT2D eigenvalue weighted by molar-refractivity contribution is 5.80. The summed E-state index contributed by atoms with van der Waals surface area (Å²) in [6.45, 7) is 4.79. The van der Waals surface area contributed by atoms with Crippen LogP contribution in [0.4, 0.5) is 0 Å². The number of hydrogen-bond donors (Lipinski definition) is 2. The van der Waals surface area contributed by atoms with Crippen LogP contribution < -0.4 is 10.6 Å². The minimum absolute atomic E-state index is 0.419. The van der Waals surface area contributed by atoms with Crippen molar-refractivity contribution in [2.75, 3.05) is 33.3 Å². The summed E-state index contributed by atoms with van der Waals surface area (Å²) in [5, 5.41) is 7.60. The Labute approximate surface area is 171 Å². The summed E-state index contributed by atoms with van der Waals surface area (Å²) >= 11 is 0. The van der Waals surface area contributed by atoms with Crippen molar-refractivity contribution in [3.05, 3.63) is 0 Å². The molecule has 5 rings (SSSR count). The largest absolute Gasteiger partial charge is 0.377 e. The van der Waals surface area contributed by atoms with Crippen molar-refractivity contribution < 1.29 is 4.74 Å². The van der Waals surface area contributed by atoms with E-state index in [2.05, 4.69) is 20.5 Å². The molecular formula is C23H40N4O. The number of ether oxygens (including phenoxy) is 1. The molecule has 5 heteroatoms. The maximum Gasteiger partial charge on any atom is 0.191 e. The molecule has 3 unspecified atom stereocenters. The summed E-state index contributed by atoms with van der Waals surface area (Å²) in [5.41, 5.74) is 0.419. The minimum atomic E-state index is 0.419. The zero-order valence-electron chi connectivity index (χ0n) is 17.8. The number of guanidine groups is 1. The van der Waals surface area contributed by atoms with E-state index in [1.54, 1.807) is 0 Å². The Morgan fingerprint density at radius 3 is 2.46 bits per heavy atom. The summed E-state index contributed by atoms with van der Waals surface area (Å²) in [5.74, 6) is 2.70. The predicted molar refractivity (Wildman–Crippen MR) is 114 cm³/mol. The zero-order valence-corrected chi connectivity index (χ0v) is 17.8. The van der Waals surface area contributed by atoms with Crippen LogP contribution in [0.2, 0.25) is 0 Å². The van der Waals surface area contributed by atoms with E-state index in [0.717, 1.165) is 18.5 Å². The first-order chi connectivity index (χ1) is 13.8. The van der Waals surface area contributed by atoms with E-state index < -0.39 is 0 Å². The predicted octanol–water partition coefficient (Wildman–Crippen LogP) is 3.15. The van der Waals surface area contributed by atoms with Gasteiger partial charge in [-0.05, 0) is 50.9 Å². The summed E-state index contributed by atoms with van der Waals surface area (Å²) < 4.78 is 6.07. The Hall–Kier alpha value is -0.810. The molecule has 3 atom stereocenters. The maximum atomic E-state index is 6.07. The lowest BCUT2D eigenvalue weighted by Gasteiger charge is -2.63. The van der Waals surface area contributed by atoms with E-state index in [4.69, 9.17) is 4.74 Å². The number of likely N-dealkylation sites (tertiary alicyclic amines) is 1. The normalized spacial score (nSPS) is 36.6. The van der Waals surface area contributed by atoms with Crippen LogP contribution in [-0.4, -0.2) is 62.3 Å². The summed E-state index contributed by atoms with van der Waals surface area (Å²) in [4.78, 5) is 7.32. The molecule has 0 bridgehead atoms. The highest BCUT2D eigenvalue weighted by Crippen LogP contribution is 2.62. The van der Waals surface area contributed by atoms with Crippen molar-refractivity contribution in [2.45, 2.75) is 88.8 Å². The van der Waals surface area contributed by atoms with Crippen molar-refractivity contribution in [2.24, 2.45) is 22.2 Å². The Balaban J connectivity index is 1.09. The van der Waals surface area contributed by atoms with Gasteiger partial charge in [-0.2, -0.15) is 0 Å². The quantitative estimate of drug-likeness (QED) is 0.574. The van der Waals surface area contributed by atoms with Crippen molar-refractivity contribution in [3.63, 3.8) is 0 Å². The molecule has 2 N–H and O–H groups in total. The summed E-state index contributed by atoms with van der Waals surface area (Å²) in [6, 6.07) is 1.15. The third-order valence-electron chi connectivity index (χ3n) is 8.72. The first-order valence-electron chi connectivity index (χ1n) is 12.1. The van der Waals surface area contributed by atoms with Crippen LogP contribution in [0.15, 0.2) is 4.99 Å². The van der Waals surface area contributed by atoms with Gasteiger partial charge < -0.3 is 20.3 Å². The average Bonchev–Trinajstić information content (AvgIpc) is 3.11. The fourth-order valence-electron chi connectivity index (χ4n) is 6.96. The van der Waals surface area contributed by atoms with Gasteiger partial charge in [0.05, 0.1) is 6.10 Å². The molecule has 3 saturated carbocycles. The van der Waals surface area contributed by atoms with E-state index in [1.165, 1.54) is 90.3 Å². The maximum absolute atomic E-state index is 6.07. The number of hydrogen-bond acceptors (Lipinski definition) is 3. The SMILES string of the molecule is CN=C(NC1CCN(CC2CCCCC2)CC1)NC1C2CCOC2C12CCC2. The molecule has 1 spiro atoms. The van der Waals surface area contributed by atoms with Crippen LogP contribution in [0.1, 0.15) is 70.6 Å². The molecule has 5 aliphatic rings. The van der Waals surface area contributed by atoms with E-state index in [9.17, 15) is 0 Å². The molecule has 28 heavy (non-hydrogen) atoms. The highest BCUT2D eigenvalue weighted by atomic mass is 16.5. The average molecular weight is 389 g/mol. The first kappa shape index (κ1) is 19.2. The molecule has 0 aromatic carbocycles. The Kier molecular flexibility index (Phi) is 5.57. The number of rotatable bonds is 4. The van der Waals surface area contributed by atoms with Crippen LogP contribution in [0, 0.1) is 17.3 Å². The third kappa shape index (κ3) is 3.47. The second kappa shape index (κ2) is 8.14. The van der Waals surface area contributed by atoms with E-state index in [0.29, 0.717) is 29.5 Å². The molecule has 0 radical (unpaired) electrons. The fourth-order valence-corrected chi connectivity index (χ4v) is 6.96. The summed E-state index contributed by atoms with van der Waals surface area (Å²) in [6.07, 6.45) is 15.6. The summed E-state index contributed by atoms with van der Waals surface area (Å²) in [7, 11) is 1.93. The highest BCUT2D eigenvalue weighted by Gasteiger charge is 2.66. The van der Waals surface area contributed by atoms with Crippen molar-refractivity contribution in [1.82, 2.24) is 15.5 Å². The number of piperidine rings is 1. The van der Waals surface area contributed by atoms with Gasteiger partial charge in [0.15, 0.2) is 5.96 Å². The molecule has 5 nitrogen and oxygen atoms in total. The van der Waals surface area contributed by atoms with Crippen LogP contribution in [0.5, 0.6) is 0 Å². The third-order valence-corrected chi connectivity index (χ3v) is 8.72. The van der Waals surface area contributed by atoms with Gasteiger partial charge >= 0.3 is 0 Å². The van der Waals surface area contributed by atoms with Crippen molar-refractivity contribution in [1.29, 1.82) is 0 Å². The van der Waals surface area contributed by atoms with Crippen LogP contribution in [0.25, 0.3) is 0 Å². The molecular weight excluding hydrogens is 348 g/mol. The van der Waals surface area contributed by atoms with Crippen molar-refractivity contribution in [3.8, 4) is 0 Å². The topological polar surface area (TPSA) is 48.9 Å². The van der Waals surface area contributed by atoms with Crippen LogP contribution in [0.3, 0.4) is 0 Å². The Bertz CT molecular complexity index is 561. The van der Waals surface area contributed by atoms with E-state index in [-0.39, 0.29) is 0 Å². The molecule has 2 saturated heterocycles. The van der Waals surface area contributed by atoms with Gasteiger partial charge in [0.2, 0.25) is 0 Å². The smallest absolute Gasteiger partial charge is 0.191 e. The molecule has 0 aromatic heterocycles.